The Morgan fingerprint density at radius 3 is 2.38 bits per heavy atom. The zero-order valence-electron chi connectivity index (χ0n) is 14.7. The molecule has 3 rings (SSSR count). The number of alkyl halides is 3. The minimum atomic E-state index is -4.66. The van der Waals surface area contributed by atoms with Crippen molar-refractivity contribution >= 4 is 5.91 Å². The summed E-state index contributed by atoms with van der Waals surface area (Å²) in [6, 6.07) is 6.85. The lowest BCUT2D eigenvalue weighted by molar-refractivity contribution is -0.159. The molecule has 140 valence electrons. The van der Waals surface area contributed by atoms with Crippen LogP contribution in [-0.4, -0.2) is 27.0 Å². The average Bonchev–Trinajstić information content (AvgIpc) is 3.09. The lowest BCUT2D eigenvalue weighted by atomic mass is 10.1. The molecule has 0 saturated heterocycles. The van der Waals surface area contributed by atoms with Crippen LogP contribution in [0.2, 0.25) is 0 Å². The summed E-state index contributed by atoms with van der Waals surface area (Å²) in [7, 11) is 0. The van der Waals surface area contributed by atoms with Gasteiger partial charge in [-0.25, -0.2) is 0 Å². The first kappa shape index (κ1) is 18.4. The van der Waals surface area contributed by atoms with Gasteiger partial charge in [0.25, 0.3) is 0 Å². The fraction of sp³-hybridized carbons (Fsp3) is 0.500. The van der Waals surface area contributed by atoms with E-state index in [1.165, 1.54) is 0 Å². The van der Waals surface area contributed by atoms with Crippen molar-refractivity contribution in [1.82, 2.24) is 15.0 Å². The second-order valence-corrected chi connectivity index (χ2v) is 7.00. The van der Waals surface area contributed by atoms with Gasteiger partial charge in [-0.1, -0.05) is 36.3 Å². The third kappa shape index (κ3) is 3.89. The minimum Gasteiger partial charge on any atom is -0.336 e. The van der Waals surface area contributed by atoms with Crippen LogP contribution in [0, 0.1) is 11.8 Å². The first-order valence-electron chi connectivity index (χ1n) is 8.47. The maximum atomic E-state index is 12.5. The summed E-state index contributed by atoms with van der Waals surface area (Å²) in [4.78, 5) is 17.7. The molecule has 2 unspecified atom stereocenters. The molecule has 1 saturated carbocycles. The predicted octanol–water partition coefficient (Wildman–Crippen LogP) is 4.15. The van der Waals surface area contributed by atoms with E-state index in [0.717, 1.165) is 12.0 Å². The van der Waals surface area contributed by atoms with E-state index >= 15 is 0 Å². The van der Waals surface area contributed by atoms with Crippen molar-refractivity contribution in [3.63, 3.8) is 0 Å². The van der Waals surface area contributed by atoms with Gasteiger partial charge in [0.1, 0.15) is 0 Å². The zero-order chi connectivity index (χ0) is 19.1. The summed E-state index contributed by atoms with van der Waals surface area (Å²) in [5, 5.41) is 3.37. The monoisotopic (exact) mass is 367 g/mol. The third-order valence-corrected chi connectivity index (χ3v) is 4.57. The summed E-state index contributed by atoms with van der Waals surface area (Å²) in [6.45, 7) is 6.46. The molecule has 1 fully saturated rings. The highest BCUT2D eigenvalue weighted by Crippen LogP contribution is 2.39. The van der Waals surface area contributed by atoms with Gasteiger partial charge in [0.2, 0.25) is 11.7 Å². The summed E-state index contributed by atoms with van der Waals surface area (Å²) in [5.41, 5.74) is 1.31. The number of amides is 1. The van der Waals surface area contributed by atoms with Crippen molar-refractivity contribution in [1.29, 1.82) is 0 Å². The summed E-state index contributed by atoms with van der Waals surface area (Å²) >= 11 is 0. The molecule has 0 radical (unpaired) electrons. The third-order valence-electron chi connectivity index (χ3n) is 4.57. The molecular formula is C18H20F3N3O2. The van der Waals surface area contributed by atoms with Gasteiger partial charge in [0.15, 0.2) is 0 Å². The number of hydrogen-bond acceptors (Lipinski definition) is 4. The van der Waals surface area contributed by atoms with Crippen LogP contribution in [0.5, 0.6) is 0 Å². The highest BCUT2D eigenvalue weighted by atomic mass is 19.4. The van der Waals surface area contributed by atoms with E-state index in [1.54, 1.807) is 24.3 Å². The molecule has 1 aromatic heterocycles. The number of benzene rings is 1. The SMILES string of the molecule is CC1CC1C(=O)N(Cc1ccc(-c2noc(C(F)(F)F)n2)cc1)C(C)C. The largest absolute Gasteiger partial charge is 0.471 e. The second-order valence-electron chi connectivity index (χ2n) is 7.00. The van der Waals surface area contributed by atoms with E-state index in [9.17, 15) is 18.0 Å². The van der Waals surface area contributed by atoms with E-state index in [0.29, 0.717) is 18.0 Å². The van der Waals surface area contributed by atoms with Gasteiger partial charge < -0.3 is 9.42 Å². The molecule has 0 bridgehead atoms. The van der Waals surface area contributed by atoms with Gasteiger partial charge in [0, 0.05) is 24.1 Å². The quantitative estimate of drug-likeness (QED) is 0.797. The average molecular weight is 367 g/mol. The molecule has 0 aliphatic heterocycles. The van der Waals surface area contributed by atoms with Gasteiger partial charge in [-0.2, -0.15) is 18.2 Å². The standard InChI is InChI=1S/C18H20F3N3O2/c1-10(2)24(16(25)14-8-11(14)3)9-12-4-6-13(7-5-12)15-22-17(26-23-15)18(19,20)21/h4-7,10-11,14H,8-9H2,1-3H3. The first-order valence-corrected chi connectivity index (χ1v) is 8.47. The predicted molar refractivity (Wildman–Crippen MR) is 87.7 cm³/mol. The highest BCUT2D eigenvalue weighted by molar-refractivity contribution is 5.81. The molecule has 1 aromatic carbocycles. The van der Waals surface area contributed by atoms with Crippen LogP contribution in [0.25, 0.3) is 11.4 Å². The van der Waals surface area contributed by atoms with Crippen molar-refractivity contribution in [2.45, 2.75) is 46.0 Å². The molecule has 1 aliphatic rings. The number of carbonyl (C=O) groups excluding carboxylic acids is 1. The number of nitrogens with zero attached hydrogens (tertiary/aromatic N) is 3. The molecule has 1 heterocycles. The molecule has 2 aromatic rings. The Morgan fingerprint density at radius 2 is 1.92 bits per heavy atom. The first-order chi connectivity index (χ1) is 12.2. The fourth-order valence-electron chi connectivity index (χ4n) is 2.81. The molecule has 26 heavy (non-hydrogen) atoms. The number of rotatable bonds is 5. The van der Waals surface area contributed by atoms with Gasteiger partial charge in [-0.05, 0) is 31.7 Å². The normalized spacial score (nSPS) is 19.7. The van der Waals surface area contributed by atoms with Crippen LogP contribution in [0.1, 0.15) is 38.6 Å². The van der Waals surface area contributed by atoms with Crippen molar-refractivity contribution < 1.29 is 22.5 Å². The number of halogens is 3. The van der Waals surface area contributed by atoms with Gasteiger partial charge in [-0.15, -0.1) is 0 Å². The molecule has 8 heteroatoms. The summed E-state index contributed by atoms with van der Waals surface area (Å²) in [6.07, 6.45) is -3.73. The van der Waals surface area contributed by atoms with Gasteiger partial charge >= 0.3 is 12.1 Å². The Morgan fingerprint density at radius 1 is 1.31 bits per heavy atom. The van der Waals surface area contributed by atoms with Gasteiger partial charge in [0.05, 0.1) is 0 Å². The van der Waals surface area contributed by atoms with E-state index in [2.05, 4.69) is 21.6 Å². The van der Waals surface area contributed by atoms with Crippen molar-refractivity contribution in [2.24, 2.45) is 11.8 Å². The summed E-state index contributed by atoms with van der Waals surface area (Å²) < 4.78 is 41.9. The second kappa shape index (κ2) is 6.74. The van der Waals surface area contributed by atoms with E-state index < -0.39 is 12.1 Å². The highest BCUT2D eigenvalue weighted by Gasteiger charge is 2.42. The molecule has 0 spiro atoms. The molecule has 5 nitrogen and oxygen atoms in total. The van der Waals surface area contributed by atoms with Crippen molar-refractivity contribution in [3.05, 3.63) is 35.7 Å². The Hall–Kier alpha value is -2.38. The number of aromatic nitrogens is 2. The van der Waals surface area contributed by atoms with E-state index in [4.69, 9.17) is 0 Å². The lowest BCUT2D eigenvalue weighted by Crippen LogP contribution is -2.37. The van der Waals surface area contributed by atoms with Crippen molar-refractivity contribution in [3.8, 4) is 11.4 Å². The number of carbonyl (C=O) groups is 1. The minimum absolute atomic E-state index is 0.0709. The smallest absolute Gasteiger partial charge is 0.336 e. The molecule has 1 aliphatic carbocycles. The Labute approximate surface area is 149 Å². The Kier molecular flexibility index (Phi) is 4.77. The maximum Gasteiger partial charge on any atom is 0.471 e. The van der Waals surface area contributed by atoms with Crippen LogP contribution in [0.3, 0.4) is 0 Å². The van der Waals surface area contributed by atoms with Gasteiger partial charge in [-0.3, -0.25) is 4.79 Å². The van der Waals surface area contributed by atoms with Crippen LogP contribution >= 0.6 is 0 Å². The summed E-state index contributed by atoms with van der Waals surface area (Å²) in [5.74, 6) is -0.785. The van der Waals surface area contributed by atoms with Crippen molar-refractivity contribution in [2.75, 3.05) is 0 Å². The van der Waals surface area contributed by atoms with Crippen LogP contribution in [0.4, 0.5) is 13.2 Å². The van der Waals surface area contributed by atoms with Crippen LogP contribution in [0.15, 0.2) is 28.8 Å². The molecule has 1 amide bonds. The van der Waals surface area contributed by atoms with E-state index in [-0.39, 0.29) is 23.7 Å². The molecular weight excluding hydrogens is 347 g/mol. The topological polar surface area (TPSA) is 59.2 Å². The Bertz CT molecular complexity index is 784. The lowest BCUT2D eigenvalue weighted by Gasteiger charge is -2.27. The molecule has 2 atom stereocenters. The van der Waals surface area contributed by atoms with E-state index in [1.807, 2.05) is 18.7 Å². The van der Waals surface area contributed by atoms with Crippen LogP contribution < -0.4 is 0 Å². The zero-order valence-corrected chi connectivity index (χ0v) is 14.7. The number of hydrogen-bond donors (Lipinski definition) is 0. The van der Waals surface area contributed by atoms with Crippen LogP contribution in [-0.2, 0) is 17.5 Å². The molecule has 0 N–H and O–H groups in total. The Balaban J connectivity index is 1.72. The fourth-order valence-corrected chi connectivity index (χ4v) is 2.81. The maximum absolute atomic E-state index is 12.5.